The van der Waals surface area contributed by atoms with Crippen molar-refractivity contribution in [1.82, 2.24) is 19.7 Å². The number of nitrogens with one attached hydrogen (secondary N) is 2. The van der Waals surface area contributed by atoms with Crippen LogP contribution >= 0.6 is 0 Å². The standard InChI is InChI=1S/C29H36N6O/c1-19-15-21(29(36)33(2)3)5-7-24(19)20-10-13-35(14-11-20)18-23-16-26-25(9-12-31-28(26)34(23)4)27-8-6-22(30)17-32-27/h5-10,15-16,31-32H,11-14,17-18,30H2,1-4H3. The molecule has 1 aromatic heterocycles. The number of aromatic nitrogens is 1. The molecule has 36 heavy (non-hydrogen) atoms. The second kappa shape index (κ2) is 9.74. The number of fused-ring (bicyclic) bond motifs is 1. The van der Waals surface area contributed by atoms with Crippen LogP contribution in [0.1, 0.15) is 39.2 Å². The zero-order chi connectivity index (χ0) is 25.4. The van der Waals surface area contributed by atoms with E-state index in [9.17, 15) is 4.79 Å². The Morgan fingerprint density at radius 2 is 1.94 bits per heavy atom. The maximum atomic E-state index is 12.3. The van der Waals surface area contributed by atoms with Crippen molar-refractivity contribution >= 4 is 22.9 Å². The predicted molar refractivity (Wildman–Crippen MR) is 147 cm³/mol. The molecule has 188 valence electrons. The zero-order valence-corrected chi connectivity index (χ0v) is 21.7. The number of carbonyl (C=O) groups is 1. The van der Waals surface area contributed by atoms with E-state index in [2.05, 4.69) is 64.4 Å². The van der Waals surface area contributed by atoms with Crippen molar-refractivity contribution in [1.29, 1.82) is 0 Å². The Labute approximate surface area is 213 Å². The van der Waals surface area contributed by atoms with Crippen molar-refractivity contribution < 1.29 is 4.79 Å². The third-order valence-electron chi connectivity index (χ3n) is 7.34. The van der Waals surface area contributed by atoms with Crippen molar-refractivity contribution in [3.8, 4) is 0 Å². The van der Waals surface area contributed by atoms with Gasteiger partial charge in [0.1, 0.15) is 5.82 Å². The van der Waals surface area contributed by atoms with Crippen LogP contribution in [-0.4, -0.2) is 60.5 Å². The monoisotopic (exact) mass is 484 g/mol. The Morgan fingerprint density at radius 3 is 2.61 bits per heavy atom. The Bertz CT molecular complexity index is 1320. The number of aryl methyl sites for hydroxylation is 1. The molecule has 0 aliphatic carbocycles. The van der Waals surface area contributed by atoms with E-state index in [1.807, 2.05) is 18.2 Å². The summed E-state index contributed by atoms with van der Waals surface area (Å²) in [5.74, 6) is 1.21. The number of allylic oxidation sites excluding steroid dienone is 3. The van der Waals surface area contributed by atoms with E-state index in [1.54, 1.807) is 19.0 Å². The van der Waals surface area contributed by atoms with E-state index in [4.69, 9.17) is 5.73 Å². The van der Waals surface area contributed by atoms with Gasteiger partial charge in [-0.05, 0) is 60.4 Å². The minimum atomic E-state index is 0.0439. The largest absolute Gasteiger partial charge is 0.401 e. The zero-order valence-electron chi connectivity index (χ0n) is 21.7. The number of nitrogens with two attached hydrogens (primary N) is 1. The molecule has 7 nitrogen and oxygen atoms in total. The molecule has 0 radical (unpaired) electrons. The predicted octanol–water partition coefficient (Wildman–Crippen LogP) is 3.46. The van der Waals surface area contributed by atoms with Gasteiger partial charge in [-0.3, -0.25) is 9.69 Å². The van der Waals surface area contributed by atoms with E-state index in [1.165, 1.54) is 33.8 Å². The minimum Gasteiger partial charge on any atom is -0.401 e. The summed E-state index contributed by atoms with van der Waals surface area (Å²) < 4.78 is 2.29. The first kappa shape index (κ1) is 24.0. The second-order valence-corrected chi connectivity index (χ2v) is 10.1. The third-order valence-corrected chi connectivity index (χ3v) is 7.34. The smallest absolute Gasteiger partial charge is 0.253 e. The van der Waals surface area contributed by atoms with Crippen molar-refractivity contribution in [2.75, 3.05) is 45.6 Å². The summed E-state index contributed by atoms with van der Waals surface area (Å²) in [6.07, 6.45) is 9.66. The van der Waals surface area contributed by atoms with Gasteiger partial charge in [-0.15, -0.1) is 0 Å². The molecule has 2 aromatic rings. The van der Waals surface area contributed by atoms with Crippen LogP contribution in [0.15, 0.2) is 60.0 Å². The van der Waals surface area contributed by atoms with E-state index >= 15 is 0 Å². The number of carbonyl (C=O) groups excluding carboxylic acids is 1. The average Bonchev–Trinajstić information content (AvgIpc) is 3.19. The molecule has 0 saturated heterocycles. The molecule has 1 aromatic carbocycles. The highest BCUT2D eigenvalue weighted by Crippen LogP contribution is 2.35. The number of rotatable bonds is 5. The fourth-order valence-electron chi connectivity index (χ4n) is 5.28. The molecule has 4 heterocycles. The van der Waals surface area contributed by atoms with Crippen LogP contribution in [0.25, 0.3) is 11.1 Å². The molecule has 0 bridgehead atoms. The van der Waals surface area contributed by atoms with E-state index < -0.39 is 0 Å². The number of hydrogen-bond acceptors (Lipinski definition) is 5. The molecule has 0 atom stereocenters. The molecule has 0 unspecified atom stereocenters. The first-order valence-electron chi connectivity index (χ1n) is 12.6. The Morgan fingerprint density at radius 1 is 1.11 bits per heavy atom. The summed E-state index contributed by atoms with van der Waals surface area (Å²) in [6, 6.07) is 8.39. The van der Waals surface area contributed by atoms with Crippen LogP contribution in [0.3, 0.4) is 0 Å². The van der Waals surface area contributed by atoms with Gasteiger partial charge < -0.3 is 25.8 Å². The van der Waals surface area contributed by atoms with E-state index in [0.717, 1.165) is 55.1 Å². The van der Waals surface area contributed by atoms with Gasteiger partial charge in [0.15, 0.2) is 0 Å². The van der Waals surface area contributed by atoms with Gasteiger partial charge in [0.2, 0.25) is 0 Å². The Hall–Kier alpha value is -3.71. The molecule has 4 N–H and O–H groups in total. The SMILES string of the molecule is Cc1cc(C(=O)N(C)C)ccc1C1=CCN(Cc2cc3c(n2C)NCC=C3C2=CC=C(N)CN2)CC1. The fraction of sp³-hybridized carbons (Fsp3) is 0.345. The van der Waals surface area contributed by atoms with Crippen LogP contribution in [0.5, 0.6) is 0 Å². The highest BCUT2D eigenvalue weighted by Gasteiger charge is 2.24. The molecule has 0 fully saturated rings. The normalized spacial score (nSPS) is 17.7. The molecule has 3 aliphatic heterocycles. The molecular formula is C29H36N6O. The second-order valence-electron chi connectivity index (χ2n) is 10.1. The molecule has 0 saturated carbocycles. The van der Waals surface area contributed by atoms with Gasteiger partial charge in [-0.2, -0.15) is 0 Å². The van der Waals surface area contributed by atoms with Crippen LogP contribution in [-0.2, 0) is 13.6 Å². The molecule has 3 aliphatic rings. The molecule has 7 heteroatoms. The first-order chi connectivity index (χ1) is 17.3. The number of hydrogen-bond donors (Lipinski definition) is 3. The highest BCUT2D eigenvalue weighted by molar-refractivity contribution is 5.94. The van der Waals surface area contributed by atoms with Gasteiger partial charge in [0.05, 0.1) is 6.54 Å². The molecule has 0 spiro atoms. The van der Waals surface area contributed by atoms with Crippen molar-refractivity contribution in [2.24, 2.45) is 12.8 Å². The summed E-state index contributed by atoms with van der Waals surface area (Å²) in [4.78, 5) is 16.4. The maximum absolute atomic E-state index is 12.3. The topological polar surface area (TPSA) is 78.6 Å². The summed E-state index contributed by atoms with van der Waals surface area (Å²) in [6.45, 7) is 6.41. The van der Waals surface area contributed by atoms with Crippen LogP contribution < -0.4 is 16.4 Å². The van der Waals surface area contributed by atoms with E-state index in [0.29, 0.717) is 6.54 Å². The Balaban J connectivity index is 1.30. The minimum absolute atomic E-state index is 0.0439. The lowest BCUT2D eigenvalue weighted by atomic mass is 9.94. The summed E-state index contributed by atoms with van der Waals surface area (Å²) in [5.41, 5.74) is 16.2. The van der Waals surface area contributed by atoms with Gasteiger partial charge in [-0.1, -0.05) is 18.2 Å². The third kappa shape index (κ3) is 4.58. The summed E-state index contributed by atoms with van der Waals surface area (Å²) in [7, 11) is 5.73. The number of benzene rings is 1. The molecular weight excluding hydrogens is 448 g/mol. The van der Waals surface area contributed by atoms with Crippen LogP contribution in [0.2, 0.25) is 0 Å². The number of amides is 1. The van der Waals surface area contributed by atoms with Gasteiger partial charge in [0.25, 0.3) is 5.91 Å². The lowest BCUT2D eigenvalue weighted by Gasteiger charge is -2.27. The lowest BCUT2D eigenvalue weighted by molar-refractivity contribution is 0.0827. The fourth-order valence-corrected chi connectivity index (χ4v) is 5.28. The van der Waals surface area contributed by atoms with Crippen molar-refractivity contribution in [2.45, 2.75) is 19.9 Å². The highest BCUT2D eigenvalue weighted by atomic mass is 16.2. The quantitative estimate of drug-likeness (QED) is 0.606. The molecule has 5 rings (SSSR count). The first-order valence-corrected chi connectivity index (χ1v) is 12.6. The van der Waals surface area contributed by atoms with Crippen molar-refractivity contribution in [3.05, 3.63) is 87.9 Å². The Kier molecular flexibility index (Phi) is 6.49. The average molecular weight is 485 g/mol. The van der Waals surface area contributed by atoms with Gasteiger partial charge in [0, 0.05) is 81.1 Å². The van der Waals surface area contributed by atoms with Gasteiger partial charge >= 0.3 is 0 Å². The van der Waals surface area contributed by atoms with Crippen LogP contribution in [0, 0.1) is 6.92 Å². The molecule has 1 amide bonds. The number of dihydropyridines is 1. The van der Waals surface area contributed by atoms with Crippen molar-refractivity contribution in [3.63, 3.8) is 0 Å². The number of nitrogens with zero attached hydrogens (tertiary/aromatic N) is 3. The summed E-state index contributed by atoms with van der Waals surface area (Å²) in [5, 5.41) is 7.01. The maximum Gasteiger partial charge on any atom is 0.253 e. The number of anilines is 1. The summed E-state index contributed by atoms with van der Waals surface area (Å²) >= 11 is 0. The van der Waals surface area contributed by atoms with E-state index in [-0.39, 0.29) is 5.91 Å². The lowest BCUT2D eigenvalue weighted by Crippen LogP contribution is -2.29. The van der Waals surface area contributed by atoms with Gasteiger partial charge in [-0.25, -0.2) is 0 Å². The van der Waals surface area contributed by atoms with Crippen LogP contribution in [0.4, 0.5) is 5.82 Å².